The molecule has 0 bridgehead atoms. The van der Waals surface area contributed by atoms with E-state index in [0.717, 1.165) is 40.0 Å². The van der Waals surface area contributed by atoms with Crippen molar-refractivity contribution >= 4 is 39.1 Å². The molecule has 4 rings (SSSR count). The van der Waals surface area contributed by atoms with E-state index in [0.29, 0.717) is 11.6 Å². The topological polar surface area (TPSA) is 82.5 Å². The minimum Gasteiger partial charge on any atom is -0.383 e. The third kappa shape index (κ3) is 2.70. The number of nitrogens with two attached hydrogens (primary N) is 1. The standard InChI is InChI=1S/C15H18N6S2/c1-8-3-4-9-10(5-8)23-14-12(9)13(16)18-11(19-14)6-22-15-20-17-7-21(15)2/h7-8H,3-6H2,1-2H3,(H2,16,18,19). The second-order valence-corrected chi connectivity index (χ2v) is 8.10. The Balaban J connectivity index is 1.66. The summed E-state index contributed by atoms with van der Waals surface area (Å²) < 4.78 is 1.89. The molecular formula is C15H18N6S2. The van der Waals surface area contributed by atoms with Crippen LogP contribution in [0.3, 0.4) is 0 Å². The first kappa shape index (κ1) is 14.9. The Morgan fingerprint density at radius 2 is 2.30 bits per heavy atom. The van der Waals surface area contributed by atoms with Gasteiger partial charge in [-0.15, -0.1) is 21.5 Å². The molecule has 0 spiro atoms. The van der Waals surface area contributed by atoms with E-state index in [-0.39, 0.29) is 0 Å². The van der Waals surface area contributed by atoms with Gasteiger partial charge in [0.2, 0.25) is 0 Å². The second kappa shape index (κ2) is 5.76. The summed E-state index contributed by atoms with van der Waals surface area (Å²) in [4.78, 5) is 11.7. The molecule has 1 unspecified atom stereocenters. The first-order valence-electron chi connectivity index (χ1n) is 7.65. The quantitative estimate of drug-likeness (QED) is 0.734. The maximum absolute atomic E-state index is 6.25. The number of hydrogen-bond acceptors (Lipinski definition) is 7. The number of thiophene rings is 1. The van der Waals surface area contributed by atoms with Gasteiger partial charge >= 0.3 is 0 Å². The lowest BCUT2D eigenvalue weighted by molar-refractivity contribution is 0.509. The molecule has 8 heteroatoms. The Bertz CT molecular complexity index is 868. The summed E-state index contributed by atoms with van der Waals surface area (Å²) in [6, 6.07) is 0. The van der Waals surface area contributed by atoms with Crippen LogP contribution in [-0.4, -0.2) is 24.7 Å². The molecule has 0 radical (unpaired) electrons. The van der Waals surface area contributed by atoms with E-state index in [9.17, 15) is 0 Å². The molecule has 0 saturated carbocycles. The third-order valence-corrected chi connectivity index (χ3v) is 6.41. The first-order valence-corrected chi connectivity index (χ1v) is 9.45. The van der Waals surface area contributed by atoms with Gasteiger partial charge in [-0.2, -0.15) is 0 Å². The fourth-order valence-electron chi connectivity index (χ4n) is 3.01. The monoisotopic (exact) mass is 346 g/mol. The smallest absolute Gasteiger partial charge is 0.191 e. The maximum atomic E-state index is 6.25. The largest absolute Gasteiger partial charge is 0.383 e. The van der Waals surface area contributed by atoms with Gasteiger partial charge in [0, 0.05) is 11.9 Å². The lowest BCUT2D eigenvalue weighted by Gasteiger charge is -2.17. The normalized spacial score (nSPS) is 17.6. The van der Waals surface area contributed by atoms with Crippen molar-refractivity contribution < 1.29 is 0 Å². The highest BCUT2D eigenvalue weighted by atomic mass is 32.2. The van der Waals surface area contributed by atoms with E-state index in [1.165, 1.54) is 16.9 Å². The van der Waals surface area contributed by atoms with Gasteiger partial charge in [-0.3, -0.25) is 0 Å². The van der Waals surface area contributed by atoms with Gasteiger partial charge in [-0.1, -0.05) is 18.7 Å². The minimum atomic E-state index is 0.621. The van der Waals surface area contributed by atoms with Crippen LogP contribution in [0.25, 0.3) is 10.2 Å². The van der Waals surface area contributed by atoms with Crippen LogP contribution in [0.4, 0.5) is 5.82 Å². The molecule has 3 heterocycles. The summed E-state index contributed by atoms with van der Waals surface area (Å²) in [7, 11) is 1.93. The van der Waals surface area contributed by atoms with Gasteiger partial charge in [0.15, 0.2) is 5.16 Å². The van der Waals surface area contributed by atoms with E-state index in [4.69, 9.17) is 10.7 Å². The maximum Gasteiger partial charge on any atom is 0.191 e. The molecule has 2 N–H and O–H groups in total. The minimum absolute atomic E-state index is 0.621. The molecule has 23 heavy (non-hydrogen) atoms. The number of nitrogens with zero attached hydrogens (tertiary/aromatic N) is 5. The number of nitrogen functional groups attached to an aromatic ring is 1. The molecule has 0 saturated heterocycles. The van der Waals surface area contributed by atoms with Crippen molar-refractivity contribution in [2.75, 3.05) is 5.73 Å². The second-order valence-electron chi connectivity index (χ2n) is 6.07. The molecule has 1 aliphatic rings. The highest BCUT2D eigenvalue weighted by molar-refractivity contribution is 7.98. The average Bonchev–Trinajstić information content (AvgIpc) is 3.07. The predicted molar refractivity (Wildman–Crippen MR) is 93.6 cm³/mol. The van der Waals surface area contributed by atoms with Crippen molar-refractivity contribution in [1.82, 2.24) is 24.7 Å². The molecular weight excluding hydrogens is 328 g/mol. The van der Waals surface area contributed by atoms with E-state index in [1.807, 2.05) is 11.6 Å². The SMILES string of the molecule is CC1CCc2c(sc3nc(CSc4nncn4C)nc(N)c23)C1. The van der Waals surface area contributed by atoms with Crippen molar-refractivity contribution in [3.8, 4) is 0 Å². The molecule has 6 nitrogen and oxygen atoms in total. The number of thioether (sulfide) groups is 1. The van der Waals surface area contributed by atoms with Crippen LogP contribution in [0.15, 0.2) is 11.5 Å². The van der Waals surface area contributed by atoms with Crippen LogP contribution < -0.4 is 5.73 Å². The van der Waals surface area contributed by atoms with E-state index in [1.54, 1.807) is 29.4 Å². The summed E-state index contributed by atoms with van der Waals surface area (Å²) in [6.45, 7) is 2.31. The van der Waals surface area contributed by atoms with Crippen molar-refractivity contribution in [2.45, 2.75) is 37.1 Å². The first-order chi connectivity index (χ1) is 11.1. The highest BCUT2D eigenvalue weighted by Gasteiger charge is 2.23. The number of fused-ring (bicyclic) bond motifs is 3. The van der Waals surface area contributed by atoms with Crippen LogP contribution in [0, 0.1) is 5.92 Å². The average molecular weight is 346 g/mol. The highest BCUT2D eigenvalue weighted by Crippen LogP contribution is 2.39. The molecule has 1 atom stereocenters. The summed E-state index contributed by atoms with van der Waals surface area (Å²) in [5.41, 5.74) is 7.63. The number of aryl methyl sites for hydroxylation is 2. The van der Waals surface area contributed by atoms with E-state index >= 15 is 0 Å². The molecule has 0 amide bonds. The van der Waals surface area contributed by atoms with Crippen molar-refractivity contribution in [3.05, 3.63) is 22.6 Å². The van der Waals surface area contributed by atoms with E-state index in [2.05, 4.69) is 22.1 Å². The molecule has 3 aromatic heterocycles. The third-order valence-electron chi connectivity index (χ3n) is 4.23. The van der Waals surface area contributed by atoms with Gasteiger partial charge in [-0.25, -0.2) is 9.97 Å². The molecule has 3 aromatic rings. The summed E-state index contributed by atoms with van der Waals surface area (Å²) in [5, 5.41) is 9.89. The molecule has 0 aliphatic heterocycles. The Morgan fingerprint density at radius 1 is 1.43 bits per heavy atom. The van der Waals surface area contributed by atoms with Crippen molar-refractivity contribution in [2.24, 2.45) is 13.0 Å². The molecule has 1 aliphatic carbocycles. The number of hydrogen-bond donors (Lipinski definition) is 1. The zero-order valence-corrected chi connectivity index (χ0v) is 14.7. The fourth-order valence-corrected chi connectivity index (χ4v) is 5.17. The van der Waals surface area contributed by atoms with Crippen molar-refractivity contribution in [3.63, 3.8) is 0 Å². The summed E-state index contributed by atoms with van der Waals surface area (Å²) >= 11 is 3.36. The van der Waals surface area contributed by atoms with Gasteiger partial charge in [0.1, 0.15) is 22.8 Å². The fraction of sp³-hybridized carbons (Fsp3) is 0.467. The van der Waals surface area contributed by atoms with Gasteiger partial charge < -0.3 is 10.3 Å². The Kier molecular flexibility index (Phi) is 3.73. The van der Waals surface area contributed by atoms with E-state index < -0.39 is 0 Å². The lowest BCUT2D eigenvalue weighted by Crippen LogP contribution is -2.09. The number of rotatable bonds is 3. The van der Waals surface area contributed by atoms with Crippen LogP contribution in [0.5, 0.6) is 0 Å². The van der Waals surface area contributed by atoms with Crippen LogP contribution in [0.1, 0.15) is 29.6 Å². The van der Waals surface area contributed by atoms with Crippen LogP contribution in [-0.2, 0) is 25.6 Å². The Morgan fingerprint density at radius 3 is 3.09 bits per heavy atom. The number of anilines is 1. The number of aromatic nitrogens is 5. The Hall–Kier alpha value is -1.67. The summed E-state index contributed by atoms with van der Waals surface area (Å²) in [6.07, 6.45) is 5.15. The predicted octanol–water partition coefficient (Wildman–Crippen LogP) is 2.82. The van der Waals surface area contributed by atoms with Gasteiger partial charge in [-0.05, 0) is 30.7 Å². The van der Waals surface area contributed by atoms with Gasteiger partial charge in [0.05, 0.1) is 11.1 Å². The molecule has 120 valence electrons. The zero-order chi connectivity index (χ0) is 16.0. The zero-order valence-electron chi connectivity index (χ0n) is 13.1. The molecule has 0 aromatic carbocycles. The van der Waals surface area contributed by atoms with Gasteiger partial charge in [0.25, 0.3) is 0 Å². The van der Waals surface area contributed by atoms with Crippen LogP contribution >= 0.6 is 23.1 Å². The Labute approximate surface area is 142 Å². The summed E-state index contributed by atoms with van der Waals surface area (Å²) in [5.74, 6) is 2.77. The van der Waals surface area contributed by atoms with Crippen LogP contribution in [0.2, 0.25) is 0 Å². The lowest BCUT2D eigenvalue weighted by atomic mass is 9.89. The molecule has 0 fully saturated rings. The van der Waals surface area contributed by atoms with Crippen molar-refractivity contribution in [1.29, 1.82) is 0 Å².